The lowest BCUT2D eigenvalue weighted by molar-refractivity contribution is -0.156. The number of ether oxygens (including phenoxy) is 2. The Morgan fingerprint density at radius 2 is 2.05 bits per heavy atom. The predicted molar refractivity (Wildman–Crippen MR) is 70.7 cm³/mol. The lowest BCUT2D eigenvalue weighted by atomic mass is 10.1. The maximum Gasteiger partial charge on any atom is 0.325 e. The van der Waals surface area contributed by atoms with E-state index in [2.05, 4.69) is 5.32 Å². The third kappa shape index (κ3) is 4.47. The van der Waals surface area contributed by atoms with E-state index in [0.717, 1.165) is 0 Å². The molecule has 1 heterocycles. The van der Waals surface area contributed by atoms with Gasteiger partial charge < -0.3 is 14.8 Å². The third-order valence-electron chi connectivity index (χ3n) is 3.02. The van der Waals surface area contributed by atoms with Crippen LogP contribution in [-0.2, 0) is 19.1 Å². The second-order valence-corrected chi connectivity index (χ2v) is 5.77. The molecular weight excluding hydrogens is 248 g/mol. The number of carbonyl (C=O) groups excluding carboxylic acids is 2. The molecule has 6 nitrogen and oxygen atoms in total. The van der Waals surface area contributed by atoms with Gasteiger partial charge in [-0.25, -0.2) is 0 Å². The minimum Gasteiger partial charge on any atom is -0.468 e. The Bertz CT molecular complexity index is 338. The monoisotopic (exact) mass is 272 g/mol. The van der Waals surface area contributed by atoms with Gasteiger partial charge in [0.05, 0.1) is 26.4 Å². The Balaban J connectivity index is 2.74. The number of amides is 1. The number of hydrogen-bond acceptors (Lipinski definition) is 5. The summed E-state index contributed by atoms with van der Waals surface area (Å²) >= 11 is 0. The minimum absolute atomic E-state index is 0.0942. The first-order valence-corrected chi connectivity index (χ1v) is 6.49. The van der Waals surface area contributed by atoms with Crippen LogP contribution in [0.3, 0.4) is 0 Å². The number of hydrogen-bond donors (Lipinski definition) is 1. The fourth-order valence-electron chi connectivity index (χ4n) is 2.04. The molecule has 0 radical (unpaired) electrons. The highest BCUT2D eigenvalue weighted by Crippen LogP contribution is 2.14. The SMILES string of the molecule is COC(=O)C1COCCN1C(C)C(=O)NC(C)(C)C. The van der Waals surface area contributed by atoms with Gasteiger partial charge >= 0.3 is 5.97 Å². The first-order chi connectivity index (χ1) is 8.76. The molecule has 0 aromatic rings. The molecule has 110 valence electrons. The van der Waals surface area contributed by atoms with Gasteiger partial charge in [0.1, 0.15) is 6.04 Å². The lowest BCUT2D eigenvalue weighted by Gasteiger charge is -2.38. The molecular formula is C13H24N2O4. The van der Waals surface area contributed by atoms with Gasteiger partial charge in [-0.05, 0) is 27.7 Å². The maximum absolute atomic E-state index is 12.2. The molecule has 1 fully saturated rings. The largest absolute Gasteiger partial charge is 0.468 e. The zero-order chi connectivity index (χ0) is 14.6. The zero-order valence-corrected chi connectivity index (χ0v) is 12.4. The van der Waals surface area contributed by atoms with Gasteiger partial charge in [0.15, 0.2) is 0 Å². The van der Waals surface area contributed by atoms with Crippen LogP contribution in [0.4, 0.5) is 0 Å². The topological polar surface area (TPSA) is 67.9 Å². The van der Waals surface area contributed by atoms with Crippen LogP contribution in [-0.4, -0.2) is 61.3 Å². The second-order valence-electron chi connectivity index (χ2n) is 5.77. The number of nitrogens with one attached hydrogen (secondary N) is 1. The van der Waals surface area contributed by atoms with Gasteiger partial charge in [-0.2, -0.15) is 0 Å². The molecule has 19 heavy (non-hydrogen) atoms. The van der Waals surface area contributed by atoms with Crippen molar-refractivity contribution in [2.75, 3.05) is 26.9 Å². The molecule has 2 unspecified atom stereocenters. The first-order valence-electron chi connectivity index (χ1n) is 6.49. The van der Waals surface area contributed by atoms with E-state index in [0.29, 0.717) is 13.2 Å². The van der Waals surface area contributed by atoms with E-state index in [1.54, 1.807) is 6.92 Å². The summed E-state index contributed by atoms with van der Waals surface area (Å²) in [6.07, 6.45) is 0. The van der Waals surface area contributed by atoms with Crippen LogP contribution < -0.4 is 5.32 Å². The van der Waals surface area contributed by atoms with E-state index in [9.17, 15) is 9.59 Å². The zero-order valence-electron chi connectivity index (χ0n) is 12.4. The number of morpholine rings is 1. The van der Waals surface area contributed by atoms with Crippen LogP contribution in [0.5, 0.6) is 0 Å². The van der Waals surface area contributed by atoms with Gasteiger partial charge in [0.25, 0.3) is 0 Å². The summed E-state index contributed by atoms with van der Waals surface area (Å²) in [6.45, 7) is 8.89. The summed E-state index contributed by atoms with van der Waals surface area (Å²) in [4.78, 5) is 25.7. The van der Waals surface area contributed by atoms with E-state index in [1.807, 2.05) is 25.7 Å². The molecule has 1 rings (SSSR count). The summed E-state index contributed by atoms with van der Waals surface area (Å²) in [5.74, 6) is -0.460. The van der Waals surface area contributed by atoms with E-state index in [4.69, 9.17) is 9.47 Å². The predicted octanol–water partition coefficient (Wildman–Crippen LogP) is 0.163. The Morgan fingerprint density at radius 1 is 1.42 bits per heavy atom. The van der Waals surface area contributed by atoms with E-state index in [1.165, 1.54) is 7.11 Å². The van der Waals surface area contributed by atoms with Crippen LogP contribution in [0.1, 0.15) is 27.7 Å². The molecule has 0 aromatic heterocycles. The number of carbonyl (C=O) groups is 2. The van der Waals surface area contributed by atoms with E-state index >= 15 is 0 Å². The van der Waals surface area contributed by atoms with Gasteiger partial charge in [0.2, 0.25) is 5.91 Å². The molecule has 0 aliphatic carbocycles. The molecule has 0 saturated carbocycles. The lowest BCUT2D eigenvalue weighted by Crippen LogP contribution is -2.59. The Kier molecular flexibility index (Phi) is 5.31. The molecule has 1 amide bonds. The molecule has 1 saturated heterocycles. The van der Waals surface area contributed by atoms with Crippen molar-refractivity contribution < 1.29 is 19.1 Å². The smallest absolute Gasteiger partial charge is 0.325 e. The number of esters is 1. The highest BCUT2D eigenvalue weighted by Gasteiger charge is 2.36. The maximum atomic E-state index is 12.2. The van der Waals surface area contributed by atoms with Crippen molar-refractivity contribution in [3.8, 4) is 0 Å². The van der Waals surface area contributed by atoms with Crippen molar-refractivity contribution in [2.24, 2.45) is 0 Å². The summed E-state index contributed by atoms with van der Waals surface area (Å²) in [5, 5.41) is 2.92. The van der Waals surface area contributed by atoms with Crippen LogP contribution in [0.2, 0.25) is 0 Å². The number of nitrogens with zero attached hydrogens (tertiary/aromatic N) is 1. The first kappa shape index (κ1) is 15.9. The Morgan fingerprint density at radius 3 is 2.58 bits per heavy atom. The molecule has 2 atom stereocenters. The summed E-state index contributed by atoms with van der Waals surface area (Å²) in [6, 6.07) is -0.910. The van der Waals surface area contributed by atoms with Crippen LogP contribution in [0, 0.1) is 0 Å². The van der Waals surface area contributed by atoms with Gasteiger partial charge in [-0.3, -0.25) is 14.5 Å². The summed E-state index contributed by atoms with van der Waals surface area (Å²) < 4.78 is 10.1. The van der Waals surface area contributed by atoms with E-state index in [-0.39, 0.29) is 24.0 Å². The third-order valence-corrected chi connectivity index (χ3v) is 3.02. The van der Waals surface area contributed by atoms with Crippen molar-refractivity contribution in [3.05, 3.63) is 0 Å². The summed E-state index contributed by atoms with van der Waals surface area (Å²) in [5.41, 5.74) is -0.293. The minimum atomic E-state index is -0.514. The quantitative estimate of drug-likeness (QED) is 0.741. The molecule has 1 aliphatic heterocycles. The van der Waals surface area contributed by atoms with E-state index < -0.39 is 12.1 Å². The molecule has 1 N–H and O–H groups in total. The van der Waals surface area contributed by atoms with Crippen LogP contribution in [0.15, 0.2) is 0 Å². The fraction of sp³-hybridized carbons (Fsp3) is 0.846. The molecule has 1 aliphatic rings. The second kappa shape index (κ2) is 6.34. The molecule has 0 bridgehead atoms. The average Bonchev–Trinajstić information content (AvgIpc) is 2.35. The standard InChI is InChI=1S/C13H24N2O4/c1-9(11(16)14-13(2,3)4)15-6-7-19-8-10(15)12(17)18-5/h9-10H,6-8H2,1-5H3,(H,14,16). The highest BCUT2D eigenvalue weighted by molar-refractivity contribution is 5.83. The normalized spacial score (nSPS) is 22.7. The molecule has 0 spiro atoms. The van der Waals surface area contributed by atoms with Crippen molar-refractivity contribution in [1.29, 1.82) is 0 Å². The molecule has 6 heteroatoms. The summed E-state index contributed by atoms with van der Waals surface area (Å²) in [7, 11) is 1.34. The van der Waals surface area contributed by atoms with Crippen LogP contribution >= 0.6 is 0 Å². The average molecular weight is 272 g/mol. The molecule has 0 aromatic carbocycles. The van der Waals surface area contributed by atoms with Crippen molar-refractivity contribution in [2.45, 2.75) is 45.3 Å². The van der Waals surface area contributed by atoms with Gasteiger partial charge in [-0.15, -0.1) is 0 Å². The highest BCUT2D eigenvalue weighted by atomic mass is 16.5. The number of rotatable bonds is 3. The van der Waals surface area contributed by atoms with Gasteiger partial charge in [0, 0.05) is 12.1 Å². The van der Waals surface area contributed by atoms with Crippen LogP contribution in [0.25, 0.3) is 0 Å². The van der Waals surface area contributed by atoms with Gasteiger partial charge in [-0.1, -0.05) is 0 Å². The van der Waals surface area contributed by atoms with Crippen molar-refractivity contribution in [1.82, 2.24) is 10.2 Å². The van der Waals surface area contributed by atoms with Crippen molar-refractivity contribution in [3.63, 3.8) is 0 Å². The number of methoxy groups -OCH3 is 1. The fourth-order valence-corrected chi connectivity index (χ4v) is 2.04. The Labute approximate surface area is 114 Å². The van der Waals surface area contributed by atoms with Crippen molar-refractivity contribution >= 4 is 11.9 Å². The Hall–Kier alpha value is -1.14.